The molecule has 0 aromatic rings. The molecule has 9 nitrogen and oxygen atoms in total. The molecule has 0 aliphatic rings. The number of rotatable bonds is 9. The number of Topliss-reactive ketones (excluding diaryl/α,β-unsaturated/α-hetero) is 1. The topological polar surface area (TPSA) is 187 Å². The van der Waals surface area contributed by atoms with Crippen molar-refractivity contribution in [2.24, 2.45) is 23.1 Å². The number of carboxylic acids is 2. The van der Waals surface area contributed by atoms with Crippen molar-refractivity contribution in [2.45, 2.75) is 31.3 Å². The van der Waals surface area contributed by atoms with Gasteiger partial charge in [-0.25, -0.2) is 0 Å². The number of primary amides is 1. The molecule has 0 saturated heterocycles. The molecule has 0 spiro atoms. The normalized spacial score (nSPS) is 15.3. The molecular formula is C10H17N3O6. The largest absolute Gasteiger partial charge is 0.481 e. The zero-order chi connectivity index (χ0) is 15.2. The molecule has 3 atom stereocenters. The molecule has 0 aliphatic carbocycles. The third-order valence-electron chi connectivity index (χ3n) is 2.52. The maximum Gasteiger partial charge on any atom is 0.320 e. The Labute approximate surface area is 108 Å². The molecule has 8 N–H and O–H groups in total. The molecule has 0 aromatic heterocycles. The highest BCUT2D eigenvalue weighted by Gasteiger charge is 2.33. The lowest BCUT2D eigenvalue weighted by Gasteiger charge is -2.17. The fourth-order valence-corrected chi connectivity index (χ4v) is 1.39. The van der Waals surface area contributed by atoms with Crippen LogP contribution in [0.5, 0.6) is 0 Å². The lowest BCUT2D eigenvalue weighted by molar-refractivity contribution is -0.148. The van der Waals surface area contributed by atoms with Gasteiger partial charge in [0, 0.05) is 6.42 Å². The summed E-state index contributed by atoms with van der Waals surface area (Å²) >= 11 is 0. The number of hydrogen-bond acceptors (Lipinski definition) is 6. The van der Waals surface area contributed by atoms with Crippen LogP contribution in [0, 0.1) is 5.92 Å². The van der Waals surface area contributed by atoms with Gasteiger partial charge in [-0.15, -0.1) is 0 Å². The fraction of sp³-hybridized carbons (Fsp3) is 0.600. The molecular weight excluding hydrogens is 258 g/mol. The van der Waals surface area contributed by atoms with E-state index in [2.05, 4.69) is 0 Å². The van der Waals surface area contributed by atoms with Crippen LogP contribution < -0.4 is 17.2 Å². The van der Waals surface area contributed by atoms with Gasteiger partial charge in [-0.05, 0) is 12.8 Å². The summed E-state index contributed by atoms with van der Waals surface area (Å²) in [5, 5.41) is 17.5. The Kier molecular flexibility index (Phi) is 6.66. The maximum atomic E-state index is 11.7. The molecule has 0 saturated carbocycles. The van der Waals surface area contributed by atoms with Crippen molar-refractivity contribution in [3.05, 3.63) is 0 Å². The predicted molar refractivity (Wildman–Crippen MR) is 62.8 cm³/mol. The first-order chi connectivity index (χ1) is 8.66. The number of carboxylic acid groups (broad SMARTS) is 2. The second kappa shape index (κ2) is 7.44. The summed E-state index contributed by atoms with van der Waals surface area (Å²) in [5.41, 5.74) is 15.5. The quantitative estimate of drug-likeness (QED) is 0.289. The van der Waals surface area contributed by atoms with Crippen LogP contribution in [0.3, 0.4) is 0 Å². The summed E-state index contributed by atoms with van der Waals surface area (Å²) in [5.74, 6) is -6.07. The van der Waals surface area contributed by atoms with Crippen molar-refractivity contribution in [3.63, 3.8) is 0 Å². The van der Waals surface area contributed by atoms with Crippen LogP contribution in [0.25, 0.3) is 0 Å². The molecule has 3 unspecified atom stereocenters. The highest BCUT2D eigenvalue weighted by Crippen LogP contribution is 2.12. The van der Waals surface area contributed by atoms with Gasteiger partial charge < -0.3 is 27.4 Å². The fourth-order valence-electron chi connectivity index (χ4n) is 1.39. The first-order valence-corrected chi connectivity index (χ1v) is 5.45. The Morgan fingerprint density at radius 1 is 0.947 bits per heavy atom. The first-order valence-electron chi connectivity index (χ1n) is 5.45. The summed E-state index contributed by atoms with van der Waals surface area (Å²) in [6, 6.07) is -2.68. The van der Waals surface area contributed by atoms with Gasteiger partial charge in [0.15, 0.2) is 5.78 Å². The van der Waals surface area contributed by atoms with E-state index in [9.17, 15) is 19.2 Å². The van der Waals surface area contributed by atoms with Crippen LogP contribution in [0.2, 0.25) is 0 Å². The van der Waals surface area contributed by atoms with Crippen LogP contribution >= 0.6 is 0 Å². The number of amides is 1. The van der Waals surface area contributed by atoms with Crippen molar-refractivity contribution in [3.8, 4) is 0 Å². The van der Waals surface area contributed by atoms with Crippen molar-refractivity contribution < 1.29 is 29.4 Å². The number of nitrogens with two attached hydrogens (primary N) is 3. The molecule has 0 bridgehead atoms. The Bertz CT molecular complexity index is 383. The highest BCUT2D eigenvalue weighted by atomic mass is 16.4. The van der Waals surface area contributed by atoms with Gasteiger partial charge in [-0.1, -0.05) is 0 Å². The van der Waals surface area contributed by atoms with Crippen LogP contribution in [0.4, 0.5) is 0 Å². The zero-order valence-corrected chi connectivity index (χ0v) is 10.1. The van der Waals surface area contributed by atoms with Crippen molar-refractivity contribution in [1.29, 1.82) is 0 Å². The first kappa shape index (κ1) is 17.0. The Hall–Kier alpha value is -2.00. The van der Waals surface area contributed by atoms with E-state index in [1.807, 2.05) is 0 Å². The van der Waals surface area contributed by atoms with Gasteiger partial charge >= 0.3 is 11.9 Å². The lowest BCUT2D eigenvalue weighted by atomic mass is 9.90. The zero-order valence-electron chi connectivity index (χ0n) is 10.1. The van der Waals surface area contributed by atoms with E-state index in [0.717, 1.165) is 0 Å². The van der Waals surface area contributed by atoms with Crippen molar-refractivity contribution in [2.75, 3.05) is 0 Å². The molecule has 108 valence electrons. The molecule has 19 heavy (non-hydrogen) atoms. The number of carbonyl (C=O) groups is 4. The second-order valence-corrected chi connectivity index (χ2v) is 4.09. The standard InChI is InChI=1S/C10H17N3O6/c11-5(1-2-7(13)14)8(15)4(9(16)17)3-6(12)10(18)19/h4-6H,1-3,11-12H2,(H2,13,14)(H,16,17)(H,18,19). The number of carbonyl (C=O) groups excluding carboxylic acids is 2. The number of ketones is 1. The minimum Gasteiger partial charge on any atom is -0.481 e. The Balaban J connectivity index is 4.70. The van der Waals surface area contributed by atoms with Gasteiger partial charge in [-0.3, -0.25) is 19.2 Å². The third kappa shape index (κ3) is 5.93. The van der Waals surface area contributed by atoms with Crippen molar-refractivity contribution >= 4 is 23.6 Å². The van der Waals surface area contributed by atoms with E-state index in [1.54, 1.807) is 0 Å². The average Bonchev–Trinajstić information content (AvgIpc) is 2.30. The van der Waals surface area contributed by atoms with Crippen molar-refractivity contribution in [1.82, 2.24) is 0 Å². The van der Waals surface area contributed by atoms with Gasteiger partial charge in [0.1, 0.15) is 12.0 Å². The van der Waals surface area contributed by atoms with Gasteiger partial charge in [0.25, 0.3) is 0 Å². The van der Waals surface area contributed by atoms with E-state index in [4.69, 9.17) is 27.4 Å². The molecule has 0 aliphatic heterocycles. The molecule has 1 amide bonds. The van der Waals surface area contributed by atoms with E-state index in [-0.39, 0.29) is 12.8 Å². The van der Waals surface area contributed by atoms with Gasteiger partial charge in [0.2, 0.25) is 5.91 Å². The number of aliphatic carboxylic acids is 2. The van der Waals surface area contributed by atoms with E-state index in [1.165, 1.54) is 0 Å². The summed E-state index contributed by atoms with van der Waals surface area (Å²) in [6.07, 6.45) is -0.821. The average molecular weight is 275 g/mol. The highest BCUT2D eigenvalue weighted by molar-refractivity contribution is 6.01. The van der Waals surface area contributed by atoms with Crippen LogP contribution in [0.1, 0.15) is 19.3 Å². The Morgan fingerprint density at radius 3 is 1.84 bits per heavy atom. The van der Waals surface area contributed by atoms with Crippen LogP contribution in [0.15, 0.2) is 0 Å². The summed E-state index contributed by atoms with van der Waals surface area (Å²) in [7, 11) is 0. The van der Waals surface area contributed by atoms with Gasteiger partial charge in [-0.2, -0.15) is 0 Å². The minimum atomic E-state index is -1.62. The van der Waals surface area contributed by atoms with E-state index < -0.39 is 48.1 Å². The summed E-state index contributed by atoms with van der Waals surface area (Å²) < 4.78 is 0. The van der Waals surface area contributed by atoms with Crippen LogP contribution in [-0.2, 0) is 19.2 Å². The predicted octanol–water partition coefficient (Wildman–Crippen LogP) is -2.35. The minimum absolute atomic E-state index is 0.0970. The Morgan fingerprint density at radius 2 is 1.47 bits per heavy atom. The molecule has 0 rings (SSSR count). The molecule has 0 radical (unpaired) electrons. The van der Waals surface area contributed by atoms with Gasteiger partial charge in [0.05, 0.1) is 6.04 Å². The summed E-state index contributed by atoms with van der Waals surface area (Å²) in [4.78, 5) is 43.8. The molecule has 0 fully saturated rings. The number of hydrogen-bond donors (Lipinski definition) is 5. The van der Waals surface area contributed by atoms with E-state index >= 15 is 0 Å². The second-order valence-electron chi connectivity index (χ2n) is 4.09. The molecule has 0 heterocycles. The molecule has 0 aromatic carbocycles. The SMILES string of the molecule is NC(=O)CCC(N)C(=O)C(CC(N)C(=O)O)C(=O)O. The third-order valence-corrected chi connectivity index (χ3v) is 2.52. The maximum absolute atomic E-state index is 11.7. The smallest absolute Gasteiger partial charge is 0.320 e. The lowest BCUT2D eigenvalue weighted by Crippen LogP contribution is -2.43. The van der Waals surface area contributed by atoms with Crippen LogP contribution in [-0.4, -0.2) is 45.9 Å². The monoisotopic (exact) mass is 275 g/mol. The molecule has 9 heteroatoms. The van der Waals surface area contributed by atoms with E-state index in [0.29, 0.717) is 0 Å². The summed E-state index contributed by atoms with van der Waals surface area (Å²) in [6.45, 7) is 0.